The van der Waals surface area contributed by atoms with Gasteiger partial charge in [-0.3, -0.25) is 0 Å². The summed E-state index contributed by atoms with van der Waals surface area (Å²) in [5.74, 6) is 0.196. The lowest BCUT2D eigenvalue weighted by atomic mass is 10.0. The van der Waals surface area contributed by atoms with Crippen LogP contribution in [0.5, 0.6) is 0 Å². The molecule has 1 atom stereocenters. The van der Waals surface area contributed by atoms with Crippen molar-refractivity contribution in [1.29, 1.82) is 0 Å². The van der Waals surface area contributed by atoms with E-state index in [4.69, 9.17) is 15.2 Å². The fraction of sp³-hybridized carbons (Fsp3) is 0.474. The molecule has 1 aromatic heterocycles. The Bertz CT molecular complexity index is 968. The maximum atomic E-state index is 13.2. The summed E-state index contributed by atoms with van der Waals surface area (Å²) >= 11 is 0. The number of nitrogen functional groups attached to an aromatic ring is 1. The van der Waals surface area contributed by atoms with Crippen molar-refractivity contribution in [3.8, 4) is 11.1 Å². The minimum Gasteiger partial charge on any atom is -0.380 e. The van der Waals surface area contributed by atoms with Crippen molar-refractivity contribution in [1.82, 2.24) is 9.97 Å². The first-order valence-corrected chi connectivity index (χ1v) is 10.9. The molecule has 2 aliphatic heterocycles. The van der Waals surface area contributed by atoms with Gasteiger partial charge in [0.25, 0.3) is 0 Å². The predicted molar refractivity (Wildman–Crippen MR) is 106 cm³/mol. The van der Waals surface area contributed by atoms with Gasteiger partial charge in [-0.25, -0.2) is 18.4 Å². The van der Waals surface area contributed by atoms with E-state index in [1.165, 1.54) is 0 Å². The van der Waals surface area contributed by atoms with Gasteiger partial charge in [-0.2, -0.15) is 0 Å². The van der Waals surface area contributed by atoms with Crippen LogP contribution in [0.1, 0.15) is 12.1 Å². The normalized spacial score (nSPS) is 20.5. The lowest BCUT2D eigenvalue weighted by Gasteiger charge is -2.30. The Kier molecular flexibility index (Phi) is 5.22. The molecule has 2 fully saturated rings. The average Bonchev–Trinajstić information content (AvgIpc) is 3.24. The zero-order valence-electron chi connectivity index (χ0n) is 15.8. The van der Waals surface area contributed by atoms with Crippen molar-refractivity contribution in [3.63, 3.8) is 0 Å². The monoisotopic (exact) mass is 404 g/mol. The van der Waals surface area contributed by atoms with Crippen LogP contribution in [-0.2, 0) is 19.3 Å². The van der Waals surface area contributed by atoms with E-state index >= 15 is 0 Å². The second-order valence-corrected chi connectivity index (χ2v) is 9.30. The van der Waals surface area contributed by atoms with E-state index in [9.17, 15) is 8.42 Å². The van der Waals surface area contributed by atoms with Crippen LogP contribution in [0.4, 0.5) is 11.6 Å². The largest absolute Gasteiger partial charge is 0.380 e. The number of aryl methyl sites for hydroxylation is 1. The highest BCUT2D eigenvalue weighted by atomic mass is 32.2. The summed E-state index contributed by atoms with van der Waals surface area (Å²) in [6, 6.07) is 5.45. The predicted octanol–water partition coefficient (Wildman–Crippen LogP) is 1.43. The van der Waals surface area contributed by atoms with Crippen LogP contribution in [0, 0.1) is 6.92 Å². The standard InChI is InChI=1S/C19H24N4O4S/c1-13-18(11-21-19(20)22-13)14-8-15(23-3-6-26-7-4-23)10-17(9-14)28(24,25)16-2-5-27-12-16/h8-11,16H,2-7,12H2,1H3,(H2,20,21,22)/t16-/m1/s1. The molecule has 2 N–H and O–H groups in total. The van der Waals surface area contributed by atoms with E-state index in [1.54, 1.807) is 18.3 Å². The molecule has 0 saturated carbocycles. The molecular weight excluding hydrogens is 380 g/mol. The number of hydrogen-bond acceptors (Lipinski definition) is 8. The fourth-order valence-electron chi connectivity index (χ4n) is 3.63. The number of nitrogens with two attached hydrogens (primary N) is 1. The third-order valence-corrected chi connectivity index (χ3v) is 7.37. The number of sulfone groups is 1. The van der Waals surface area contributed by atoms with Gasteiger partial charge in [0.05, 0.1) is 35.7 Å². The molecule has 0 unspecified atom stereocenters. The van der Waals surface area contributed by atoms with Crippen molar-refractivity contribution in [2.75, 3.05) is 50.2 Å². The van der Waals surface area contributed by atoms with Gasteiger partial charge in [-0.15, -0.1) is 0 Å². The fourth-order valence-corrected chi connectivity index (χ4v) is 5.27. The van der Waals surface area contributed by atoms with E-state index in [0.717, 1.165) is 16.8 Å². The first-order valence-electron chi connectivity index (χ1n) is 9.34. The molecule has 0 aliphatic carbocycles. The van der Waals surface area contributed by atoms with Gasteiger partial charge in [-0.1, -0.05) is 0 Å². The molecule has 0 bridgehead atoms. The minimum atomic E-state index is -3.50. The molecule has 4 rings (SSSR count). The summed E-state index contributed by atoms with van der Waals surface area (Å²) < 4.78 is 37.2. The van der Waals surface area contributed by atoms with E-state index in [-0.39, 0.29) is 12.6 Å². The number of nitrogens with zero attached hydrogens (tertiary/aromatic N) is 3. The van der Waals surface area contributed by atoms with Crippen LogP contribution < -0.4 is 10.6 Å². The summed E-state index contributed by atoms with van der Waals surface area (Å²) in [6.45, 7) is 5.22. The number of rotatable bonds is 4. The summed E-state index contributed by atoms with van der Waals surface area (Å²) in [4.78, 5) is 10.8. The van der Waals surface area contributed by atoms with Gasteiger partial charge in [0, 0.05) is 37.1 Å². The van der Waals surface area contributed by atoms with Gasteiger partial charge < -0.3 is 20.1 Å². The zero-order valence-corrected chi connectivity index (χ0v) is 16.6. The summed E-state index contributed by atoms with van der Waals surface area (Å²) in [7, 11) is -3.50. The van der Waals surface area contributed by atoms with Gasteiger partial charge in [0.2, 0.25) is 5.95 Å². The van der Waals surface area contributed by atoms with Gasteiger partial charge in [0.1, 0.15) is 0 Å². The van der Waals surface area contributed by atoms with E-state index < -0.39 is 15.1 Å². The molecule has 2 saturated heterocycles. The first-order chi connectivity index (χ1) is 13.4. The highest BCUT2D eigenvalue weighted by Crippen LogP contribution is 2.33. The summed E-state index contributed by atoms with van der Waals surface area (Å²) in [5, 5.41) is -0.510. The Morgan fingerprint density at radius 1 is 1.14 bits per heavy atom. The van der Waals surface area contributed by atoms with Crippen LogP contribution in [0.3, 0.4) is 0 Å². The molecular formula is C19H24N4O4S. The Hall–Kier alpha value is -2.23. The van der Waals surface area contributed by atoms with Gasteiger partial charge in [0.15, 0.2) is 9.84 Å². The number of hydrogen-bond donors (Lipinski definition) is 1. The van der Waals surface area contributed by atoms with Crippen molar-refractivity contribution >= 4 is 21.5 Å². The lowest BCUT2D eigenvalue weighted by molar-refractivity contribution is 0.122. The van der Waals surface area contributed by atoms with Crippen LogP contribution >= 0.6 is 0 Å². The molecule has 0 radical (unpaired) electrons. The molecule has 2 aromatic rings. The van der Waals surface area contributed by atoms with Crippen LogP contribution in [-0.4, -0.2) is 63.2 Å². The highest BCUT2D eigenvalue weighted by molar-refractivity contribution is 7.92. The molecule has 9 heteroatoms. The molecule has 1 aromatic carbocycles. The van der Waals surface area contributed by atoms with E-state index in [1.807, 2.05) is 13.0 Å². The summed E-state index contributed by atoms with van der Waals surface area (Å²) in [6.07, 6.45) is 2.16. The van der Waals surface area contributed by atoms with E-state index in [0.29, 0.717) is 49.9 Å². The van der Waals surface area contributed by atoms with Crippen LogP contribution in [0.15, 0.2) is 29.3 Å². The molecule has 2 aliphatic rings. The number of aromatic nitrogens is 2. The molecule has 0 amide bonds. The second-order valence-electron chi connectivity index (χ2n) is 7.07. The van der Waals surface area contributed by atoms with Crippen molar-refractivity contribution < 1.29 is 17.9 Å². The highest BCUT2D eigenvalue weighted by Gasteiger charge is 2.32. The van der Waals surface area contributed by atoms with E-state index in [2.05, 4.69) is 14.9 Å². The first kappa shape index (κ1) is 19.1. The smallest absolute Gasteiger partial charge is 0.220 e. The minimum absolute atomic E-state index is 0.196. The third kappa shape index (κ3) is 3.69. The van der Waals surface area contributed by atoms with Gasteiger partial charge in [-0.05, 0) is 37.1 Å². The van der Waals surface area contributed by atoms with Crippen molar-refractivity contribution in [3.05, 3.63) is 30.1 Å². The van der Waals surface area contributed by atoms with Gasteiger partial charge >= 0.3 is 0 Å². The Morgan fingerprint density at radius 2 is 1.93 bits per heavy atom. The Labute approximate surface area is 164 Å². The summed E-state index contributed by atoms with van der Waals surface area (Å²) in [5.41, 5.74) is 8.77. The molecule has 28 heavy (non-hydrogen) atoms. The topological polar surface area (TPSA) is 108 Å². The number of ether oxygens (including phenoxy) is 2. The molecule has 8 nitrogen and oxygen atoms in total. The molecule has 0 spiro atoms. The maximum absolute atomic E-state index is 13.2. The second kappa shape index (κ2) is 7.65. The van der Waals surface area contributed by atoms with Crippen LogP contribution in [0.2, 0.25) is 0 Å². The number of morpholine rings is 1. The van der Waals surface area contributed by atoms with Crippen molar-refractivity contribution in [2.24, 2.45) is 0 Å². The number of benzene rings is 1. The quantitative estimate of drug-likeness (QED) is 0.815. The lowest BCUT2D eigenvalue weighted by Crippen LogP contribution is -2.36. The number of anilines is 2. The van der Waals surface area contributed by atoms with Crippen LogP contribution in [0.25, 0.3) is 11.1 Å². The molecule has 3 heterocycles. The average molecular weight is 404 g/mol. The Balaban J connectivity index is 1.83. The zero-order chi connectivity index (χ0) is 19.7. The SMILES string of the molecule is Cc1nc(N)ncc1-c1cc(N2CCOCC2)cc(S(=O)(=O)[C@@H]2CCOC2)c1. The molecule has 150 valence electrons. The Morgan fingerprint density at radius 3 is 2.61 bits per heavy atom. The third-order valence-electron chi connectivity index (χ3n) is 5.23. The maximum Gasteiger partial charge on any atom is 0.220 e. The van der Waals surface area contributed by atoms with Crippen molar-refractivity contribution in [2.45, 2.75) is 23.5 Å².